The van der Waals surface area contributed by atoms with Gasteiger partial charge in [0.25, 0.3) is 0 Å². The molecule has 2 heterocycles. The van der Waals surface area contributed by atoms with Crippen molar-refractivity contribution in [1.82, 2.24) is 0 Å². The zero-order chi connectivity index (χ0) is 23.0. The first-order valence-electron chi connectivity index (χ1n) is 8.75. The average Bonchev–Trinajstić information content (AvgIpc) is 2.97. The summed E-state index contributed by atoms with van der Waals surface area (Å²) in [5.74, 6) is -1.15. The van der Waals surface area contributed by atoms with Crippen LogP contribution in [0.2, 0.25) is 10.0 Å². The van der Waals surface area contributed by atoms with Crippen molar-refractivity contribution < 1.29 is 36.5 Å². The van der Waals surface area contributed by atoms with Crippen LogP contribution in [0.1, 0.15) is 27.0 Å². The number of hydrogen-bond acceptors (Lipinski definition) is 7. The Balaban J connectivity index is 1.86. The number of phenols is 1. The number of phenolic OH excluding ortho intramolecular Hbond substituents is 1. The van der Waals surface area contributed by atoms with Gasteiger partial charge in [0.05, 0.1) is 15.6 Å². The average molecular weight is 607 g/mol. The summed E-state index contributed by atoms with van der Waals surface area (Å²) >= 11 is 14.5. The molecule has 32 heavy (non-hydrogen) atoms. The highest BCUT2D eigenvalue weighted by atomic mass is 127. The zero-order valence-electron chi connectivity index (χ0n) is 15.4. The molecule has 1 atom stereocenters. The van der Waals surface area contributed by atoms with Gasteiger partial charge >= 0.3 is 16.4 Å². The standard InChI is InChI=1S/C20H9Cl2IO8S/c21-13-4-11-16(6-15(13)24)29-17-7-18(31-32(26,27)28)14(22)5-12(17)20(11)10-2-1-8(23)3-9(10)19(25)30-20/h1-7,24H,(H,26,27,28). The van der Waals surface area contributed by atoms with Crippen LogP contribution in [0.3, 0.4) is 0 Å². The highest BCUT2D eigenvalue weighted by Crippen LogP contribution is 2.58. The molecule has 0 bridgehead atoms. The first kappa shape index (κ1) is 21.6. The molecule has 2 N–H and O–H groups in total. The minimum atomic E-state index is -4.87. The number of halogens is 3. The fourth-order valence-electron chi connectivity index (χ4n) is 3.88. The molecule has 164 valence electrons. The molecule has 0 saturated carbocycles. The van der Waals surface area contributed by atoms with Crippen molar-refractivity contribution >= 4 is 62.2 Å². The van der Waals surface area contributed by atoms with E-state index in [4.69, 9.17) is 37.2 Å². The van der Waals surface area contributed by atoms with Crippen molar-refractivity contribution in [3.05, 3.63) is 78.3 Å². The Hall–Kier alpha value is -2.25. The molecular weight excluding hydrogens is 598 g/mol. The van der Waals surface area contributed by atoms with Gasteiger partial charge in [-0.1, -0.05) is 29.3 Å². The summed E-state index contributed by atoms with van der Waals surface area (Å²) in [5, 5.41) is 9.93. The predicted molar refractivity (Wildman–Crippen MR) is 121 cm³/mol. The molecule has 3 aromatic rings. The molecule has 1 spiro atoms. The van der Waals surface area contributed by atoms with E-state index < -0.39 is 27.7 Å². The Bertz CT molecular complexity index is 1460. The van der Waals surface area contributed by atoms with Crippen LogP contribution in [0, 0.1) is 3.57 Å². The van der Waals surface area contributed by atoms with E-state index in [9.17, 15) is 18.3 Å². The van der Waals surface area contributed by atoms with Crippen molar-refractivity contribution in [1.29, 1.82) is 0 Å². The second-order valence-electron chi connectivity index (χ2n) is 6.95. The first-order valence-corrected chi connectivity index (χ1v) is 11.9. The lowest BCUT2D eigenvalue weighted by Gasteiger charge is -2.37. The Morgan fingerprint density at radius 2 is 1.62 bits per heavy atom. The smallest absolute Gasteiger partial charge is 0.446 e. The minimum absolute atomic E-state index is 0.00242. The third-order valence-electron chi connectivity index (χ3n) is 5.08. The monoisotopic (exact) mass is 606 g/mol. The fourth-order valence-corrected chi connectivity index (χ4v) is 5.15. The molecule has 0 aliphatic carbocycles. The highest BCUT2D eigenvalue weighted by molar-refractivity contribution is 14.1. The molecule has 2 aliphatic rings. The summed E-state index contributed by atoms with van der Waals surface area (Å²) in [6.45, 7) is 0. The molecule has 0 aromatic heterocycles. The quantitative estimate of drug-likeness (QED) is 0.236. The summed E-state index contributed by atoms with van der Waals surface area (Å²) < 4.78 is 48.6. The number of fused-ring (bicyclic) bond motifs is 6. The van der Waals surface area contributed by atoms with Crippen LogP contribution >= 0.6 is 45.8 Å². The third-order valence-corrected chi connectivity index (χ3v) is 6.74. The number of benzene rings is 3. The second-order valence-corrected chi connectivity index (χ2v) is 10.0. The molecule has 5 rings (SSSR count). The summed E-state index contributed by atoms with van der Waals surface area (Å²) in [6, 6.07) is 10.3. The lowest BCUT2D eigenvalue weighted by Crippen LogP contribution is -2.33. The number of aromatic hydroxyl groups is 1. The molecule has 0 radical (unpaired) electrons. The van der Waals surface area contributed by atoms with Crippen molar-refractivity contribution in [3.63, 3.8) is 0 Å². The molecule has 0 fully saturated rings. The van der Waals surface area contributed by atoms with E-state index in [0.717, 1.165) is 9.64 Å². The number of rotatable bonds is 2. The van der Waals surface area contributed by atoms with Gasteiger partial charge < -0.3 is 18.8 Å². The highest BCUT2D eigenvalue weighted by Gasteiger charge is 2.54. The number of hydrogen-bond donors (Lipinski definition) is 2. The molecule has 1 unspecified atom stereocenters. The normalized spacial score (nSPS) is 18.4. The molecular formula is C20H9Cl2IO8S. The van der Waals surface area contributed by atoms with Crippen LogP contribution in [-0.2, 0) is 20.7 Å². The van der Waals surface area contributed by atoms with Gasteiger partial charge in [-0.05, 0) is 46.9 Å². The largest absolute Gasteiger partial charge is 0.506 e. The van der Waals surface area contributed by atoms with Crippen LogP contribution in [0.25, 0.3) is 0 Å². The van der Waals surface area contributed by atoms with Gasteiger partial charge in [-0.25, -0.2) is 4.79 Å². The molecule has 3 aromatic carbocycles. The van der Waals surface area contributed by atoms with E-state index in [1.165, 1.54) is 18.2 Å². The third kappa shape index (κ3) is 3.20. The lowest BCUT2D eigenvalue weighted by atomic mass is 9.77. The van der Waals surface area contributed by atoms with Gasteiger partial charge in [-0.2, -0.15) is 8.42 Å². The number of esters is 1. The van der Waals surface area contributed by atoms with Gasteiger partial charge in [0.15, 0.2) is 11.4 Å². The molecule has 12 heteroatoms. The van der Waals surface area contributed by atoms with Crippen molar-refractivity contribution in [2.75, 3.05) is 0 Å². The van der Waals surface area contributed by atoms with E-state index in [2.05, 4.69) is 26.8 Å². The van der Waals surface area contributed by atoms with Crippen molar-refractivity contribution in [2.24, 2.45) is 0 Å². The lowest BCUT2D eigenvalue weighted by molar-refractivity contribution is 0.0224. The summed E-state index contributed by atoms with van der Waals surface area (Å²) in [7, 11) is -4.87. The van der Waals surface area contributed by atoms with Crippen molar-refractivity contribution in [3.8, 4) is 23.0 Å². The summed E-state index contributed by atoms with van der Waals surface area (Å²) in [5.41, 5.74) is -0.144. The van der Waals surface area contributed by atoms with Crippen molar-refractivity contribution in [2.45, 2.75) is 5.60 Å². The van der Waals surface area contributed by atoms with Crippen LogP contribution < -0.4 is 8.92 Å². The first-order chi connectivity index (χ1) is 15.0. The number of carbonyl (C=O) groups excluding carboxylic acids is 1. The number of ether oxygens (including phenoxy) is 2. The van der Waals surface area contributed by atoms with E-state index in [1.54, 1.807) is 18.2 Å². The van der Waals surface area contributed by atoms with E-state index >= 15 is 0 Å². The minimum Gasteiger partial charge on any atom is -0.506 e. The Kier molecular flexibility index (Phi) is 4.81. The summed E-state index contributed by atoms with van der Waals surface area (Å²) in [6.07, 6.45) is 0. The Morgan fingerprint density at radius 3 is 2.31 bits per heavy atom. The van der Waals surface area contributed by atoms with Gasteiger partial charge in [-0.3, -0.25) is 4.55 Å². The molecule has 0 amide bonds. The van der Waals surface area contributed by atoms with E-state index in [1.807, 2.05) is 0 Å². The van der Waals surface area contributed by atoms with Gasteiger partial charge in [0, 0.05) is 32.4 Å². The maximum absolute atomic E-state index is 12.9. The van der Waals surface area contributed by atoms with Gasteiger partial charge in [-0.15, -0.1) is 0 Å². The molecule has 2 aliphatic heterocycles. The van der Waals surface area contributed by atoms with Gasteiger partial charge in [0.2, 0.25) is 0 Å². The fraction of sp³-hybridized carbons (Fsp3) is 0.0500. The number of carbonyl (C=O) groups is 1. The Morgan fingerprint density at radius 1 is 0.969 bits per heavy atom. The topological polar surface area (TPSA) is 119 Å². The summed E-state index contributed by atoms with van der Waals surface area (Å²) in [4.78, 5) is 12.9. The van der Waals surface area contributed by atoms with Gasteiger partial charge in [0.1, 0.15) is 17.2 Å². The maximum Gasteiger partial charge on any atom is 0.446 e. The van der Waals surface area contributed by atoms with E-state index in [-0.39, 0.29) is 32.9 Å². The SMILES string of the molecule is O=C1OC2(c3cc(Cl)c(O)cc3Oc3cc(OS(=O)(=O)O)c(Cl)cc32)c2ccc(I)cc21. The van der Waals surface area contributed by atoms with Crippen LogP contribution in [0.4, 0.5) is 0 Å². The zero-order valence-corrected chi connectivity index (χ0v) is 19.9. The van der Waals surface area contributed by atoms with Crippen LogP contribution in [-0.4, -0.2) is 24.0 Å². The van der Waals surface area contributed by atoms with Crippen LogP contribution in [0.5, 0.6) is 23.0 Å². The van der Waals surface area contributed by atoms with E-state index in [0.29, 0.717) is 16.7 Å². The second kappa shape index (κ2) is 7.12. The predicted octanol–water partition coefficient (Wildman–Crippen LogP) is 5.05. The maximum atomic E-state index is 12.9. The molecule has 0 saturated heterocycles. The van der Waals surface area contributed by atoms with Crippen LogP contribution in [0.15, 0.2) is 42.5 Å². The molecule has 8 nitrogen and oxygen atoms in total. The Labute approximate surface area is 204 Å².